The number of hydrogen-bond donors (Lipinski definition) is 2. The summed E-state index contributed by atoms with van der Waals surface area (Å²) in [4.78, 5) is 0. The maximum Gasteiger partial charge on any atom is 0.0210 e. The van der Waals surface area contributed by atoms with E-state index in [9.17, 15) is 0 Å². The van der Waals surface area contributed by atoms with E-state index >= 15 is 0 Å². The van der Waals surface area contributed by atoms with Gasteiger partial charge in [-0.15, -0.1) is 0 Å². The Labute approximate surface area is 51.9 Å². The van der Waals surface area contributed by atoms with Crippen LogP contribution in [0.25, 0.3) is 0 Å². The van der Waals surface area contributed by atoms with Gasteiger partial charge in [0.05, 0.1) is 0 Å². The zero-order valence-corrected chi connectivity index (χ0v) is 5.19. The zero-order valence-electron chi connectivity index (χ0n) is 5.19. The van der Waals surface area contributed by atoms with Crippen molar-refractivity contribution in [3.63, 3.8) is 0 Å². The molecule has 0 aliphatic heterocycles. The molecule has 0 atom stereocenters. The molecule has 0 spiro atoms. The van der Waals surface area contributed by atoms with Crippen molar-refractivity contribution in [2.45, 2.75) is 38.1 Å². The second kappa shape index (κ2) is 3.05. The Morgan fingerprint density at radius 3 is 2.25 bits per heavy atom. The predicted molar refractivity (Wildman–Crippen MR) is 36.3 cm³/mol. The molecule has 0 saturated heterocycles. The molecular weight excluding hydrogens is 100 g/mol. The highest BCUT2D eigenvalue weighted by Crippen LogP contribution is 2.16. The van der Waals surface area contributed by atoms with E-state index in [2.05, 4.69) is 5.43 Å². The standard InChI is InChI=1S/C6H14N2.H2/c7-8-6-4-2-1-3-5-6;/h6,8H,1-5,7H2;1H. The van der Waals surface area contributed by atoms with Gasteiger partial charge < -0.3 is 0 Å². The Balaban J connectivity index is 0.000000640. The summed E-state index contributed by atoms with van der Waals surface area (Å²) < 4.78 is 0. The van der Waals surface area contributed by atoms with Gasteiger partial charge in [0.25, 0.3) is 0 Å². The van der Waals surface area contributed by atoms with Crippen LogP contribution in [-0.4, -0.2) is 6.04 Å². The van der Waals surface area contributed by atoms with Crippen molar-refractivity contribution in [3.05, 3.63) is 0 Å². The summed E-state index contributed by atoms with van der Waals surface area (Å²) in [5, 5.41) is 0. The summed E-state index contributed by atoms with van der Waals surface area (Å²) in [6.45, 7) is 0. The van der Waals surface area contributed by atoms with Gasteiger partial charge in [0.2, 0.25) is 0 Å². The fourth-order valence-corrected chi connectivity index (χ4v) is 1.27. The fraction of sp³-hybridized carbons (Fsp3) is 1.00. The second-order valence-corrected chi connectivity index (χ2v) is 2.50. The molecule has 0 aromatic rings. The van der Waals surface area contributed by atoms with Crippen LogP contribution in [0.4, 0.5) is 0 Å². The third-order valence-electron chi connectivity index (χ3n) is 1.84. The molecule has 0 radical (unpaired) electrons. The molecule has 8 heavy (non-hydrogen) atoms. The van der Waals surface area contributed by atoms with E-state index < -0.39 is 0 Å². The van der Waals surface area contributed by atoms with E-state index in [0.717, 1.165) is 0 Å². The first kappa shape index (κ1) is 6.05. The van der Waals surface area contributed by atoms with Gasteiger partial charge in [-0.05, 0) is 12.8 Å². The molecule has 0 bridgehead atoms. The molecule has 1 rings (SSSR count). The van der Waals surface area contributed by atoms with Crippen molar-refractivity contribution in [2.24, 2.45) is 5.84 Å². The van der Waals surface area contributed by atoms with Gasteiger partial charge in [-0.1, -0.05) is 19.3 Å². The lowest BCUT2D eigenvalue weighted by Gasteiger charge is -2.19. The lowest BCUT2D eigenvalue weighted by atomic mass is 9.96. The summed E-state index contributed by atoms with van der Waals surface area (Å²) in [5.74, 6) is 5.25. The minimum atomic E-state index is 0. The number of hydrazine groups is 1. The molecule has 1 saturated carbocycles. The monoisotopic (exact) mass is 116 g/mol. The fourth-order valence-electron chi connectivity index (χ4n) is 1.27. The number of nitrogens with one attached hydrogen (secondary N) is 1. The van der Waals surface area contributed by atoms with E-state index in [0.29, 0.717) is 6.04 Å². The summed E-state index contributed by atoms with van der Waals surface area (Å²) >= 11 is 0. The molecule has 0 amide bonds. The SMILES string of the molecule is NNC1CCCCC1.[HH]. The molecule has 0 unspecified atom stereocenters. The molecule has 1 aliphatic carbocycles. The second-order valence-electron chi connectivity index (χ2n) is 2.50. The Morgan fingerprint density at radius 2 is 1.88 bits per heavy atom. The van der Waals surface area contributed by atoms with Crippen LogP contribution in [-0.2, 0) is 0 Å². The molecule has 0 heterocycles. The Morgan fingerprint density at radius 1 is 1.25 bits per heavy atom. The molecule has 2 nitrogen and oxygen atoms in total. The number of hydrogen-bond acceptors (Lipinski definition) is 2. The first-order valence-electron chi connectivity index (χ1n) is 3.39. The Kier molecular flexibility index (Phi) is 2.30. The van der Waals surface area contributed by atoms with Crippen molar-refractivity contribution in [2.75, 3.05) is 0 Å². The quantitative estimate of drug-likeness (QED) is 0.396. The highest BCUT2D eigenvalue weighted by molar-refractivity contribution is 4.68. The first-order chi connectivity index (χ1) is 3.93. The van der Waals surface area contributed by atoms with E-state index in [-0.39, 0.29) is 1.43 Å². The molecule has 3 N–H and O–H groups in total. The molecule has 0 aromatic carbocycles. The molecular formula is C6H16N2. The topological polar surface area (TPSA) is 38.0 Å². The average Bonchev–Trinajstić information content (AvgIpc) is 1.90. The van der Waals surface area contributed by atoms with Crippen molar-refractivity contribution < 1.29 is 1.43 Å². The third kappa shape index (κ3) is 1.46. The van der Waals surface area contributed by atoms with E-state index in [4.69, 9.17) is 5.84 Å². The lowest BCUT2D eigenvalue weighted by molar-refractivity contribution is 0.379. The van der Waals surface area contributed by atoms with Crippen LogP contribution >= 0.6 is 0 Å². The van der Waals surface area contributed by atoms with Crippen LogP contribution in [0, 0.1) is 0 Å². The van der Waals surface area contributed by atoms with Crippen LogP contribution in [0.2, 0.25) is 0 Å². The van der Waals surface area contributed by atoms with Gasteiger partial charge in [0, 0.05) is 7.47 Å². The molecule has 1 fully saturated rings. The zero-order chi connectivity index (χ0) is 5.82. The molecule has 50 valence electrons. The summed E-state index contributed by atoms with van der Waals surface area (Å²) in [6.07, 6.45) is 6.66. The summed E-state index contributed by atoms with van der Waals surface area (Å²) in [6, 6.07) is 0.615. The van der Waals surface area contributed by atoms with Crippen LogP contribution in [0.1, 0.15) is 33.5 Å². The molecule has 0 aromatic heterocycles. The van der Waals surface area contributed by atoms with Crippen LogP contribution in [0.3, 0.4) is 0 Å². The van der Waals surface area contributed by atoms with Crippen molar-refractivity contribution >= 4 is 0 Å². The van der Waals surface area contributed by atoms with Crippen molar-refractivity contribution in [1.82, 2.24) is 5.43 Å². The summed E-state index contributed by atoms with van der Waals surface area (Å²) in [5.41, 5.74) is 2.80. The number of rotatable bonds is 1. The van der Waals surface area contributed by atoms with Crippen LogP contribution < -0.4 is 11.3 Å². The Hall–Kier alpha value is -0.0800. The lowest BCUT2D eigenvalue weighted by Crippen LogP contribution is -2.36. The van der Waals surface area contributed by atoms with Gasteiger partial charge in [-0.2, -0.15) is 0 Å². The van der Waals surface area contributed by atoms with Gasteiger partial charge in [-0.25, -0.2) is 0 Å². The maximum absolute atomic E-state index is 5.25. The maximum atomic E-state index is 5.25. The Bertz CT molecular complexity index is 62.1. The van der Waals surface area contributed by atoms with Crippen LogP contribution in [0.5, 0.6) is 0 Å². The summed E-state index contributed by atoms with van der Waals surface area (Å²) in [7, 11) is 0. The van der Waals surface area contributed by atoms with Crippen molar-refractivity contribution in [1.29, 1.82) is 0 Å². The van der Waals surface area contributed by atoms with Gasteiger partial charge in [0.1, 0.15) is 0 Å². The predicted octanol–water partition coefficient (Wildman–Crippen LogP) is 1.03. The minimum Gasteiger partial charge on any atom is -0.271 e. The highest BCUT2D eigenvalue weighted by Gasteiger charge is 2.09. The minimum absolute atomic E-state index is 0. The van der Waals surface area contributed by atoms with Crippen molar-refractivity contribution in [3.8, 4) is 0 Å². The van der Waals surface area contributed by atoms with Gasteiger partial charge in [0.15, 0.2) is 0 Å². The number of nitrogens with two attached hydrogens (primary N) is 1. The first-order valence-corrected chi connectivity index (χ1v) is 3.39. The smallest absolute Gasteiger partial charge is 0.0210 e. The third-order valence-corrected chi connectivity index (χ3v) is 1.84. The molecule has 2 heteroatoms. The van der Waals surface area contributed by atoms with Gasteiger partial charge in [-0.3, -0.25) is 11.3 Å². The van der Waals surface area contributed by atoms with E-state index in [1.165, 1.54) is 32.1 Å². The van der Waals surface area contributed by atoms with Gasteiger partial charge >= 0.3 is 0 Å². The highest BCUT2D eigenvalue weighted by atomic mass is 15.2. The van der Waals surface area contributed by atoms with E-state index in [1.807, 2.05) is 0 Å². The normalized spacial score (nSPS) is 23.6. The average molecular weight is 116 g/mol. The molecule has 1 aliphatic rings. The largest absolute Gasteiger partial charge is 0.271 e. The van der Waals surface area contributed by atoms with E-state index in [1.54, 1.807) is 0 Å². The van der Waals surface area contributed by atoms with Crippen LogP contribution in [0.15, 0.2) is 0 Å².